The largest absolute Gasteiger partial charge is 0.491 e. The summed E-state index contributed by atoms with van der Waals surface area (Å²) in [7, 11) is 1.20. The zero-order chi connectivity index (χ0) is 24.9. The molecule has 0 spiro atoms. The second kappa shape index (κ2) is 11.1. The number of aliphatic imine (C=N–C) groups is 1. The molecule has 0 aliphatic carbocycles. The van der Waals surface area contributed by atoms with Gasteiger partial charge in [0.15, 0.2) is 23.4 Å². The zero-order valence-corrected chi connectivity index (χ0v) is 21.6. The van der Waals surface area contributed by atoms with Crippen LogP contribution in [0.25, 0.3) is 0 Å². The molecule has 178 valence electrons. The van der Waals surface area contributed by atoms with Gasteiger partial charge in [0.25, 0.3) is 0 Å². The molecule has 0 aliphatic rings. The predicted octanol–water partition coefficient (Wildman–Crippen LogP) is 6.37. The van der Waals surface area contributed by atoms with Gasteiger partial charge in [-0.25, -0.2) is 13.6 Å². The highest BCUT2D eigenvalue weighted by atomic mass is 127. The van der Waals surface area contributed by atoms with Crippen molar-refractivity contribution in [3.05, 3.63) is 98.6 Å². The molecular weight excluding hydrogens is 551 g/mol. The van der Waals surface area contributed by atoms with Crippen molar-refractivity contribution in [2.75, 3.05) is 7.11 Å². The Labute approximate surface area is 212 Å². The van der Waals surface area contributed by atoms with Crippen LogP contribution in [0.15, 0.2) is 71.7 Å². The molecule has 0 saturated carbocycles. The molecule has 3 aromatic carbocycles. The lowest BCUT2D eigenvalue weighted by Gasteiger charge is -2.23. The van der Waals surface area contributed by atoms with Crippen molar-refractivity contribution in [3.63, 3.8) is 0 Å². The van der Waals surface area contributed by atoms with E-state index in [2.05, 4.69) is 0 Å². The number of rotatable bonds is 7. The van der Waals surface area contributed by atoms with Gasteiger partial charge < -0.3 is 9.47 Å². The van der Waals surface area contributed by atoms with E-state index in [1.807, 2.05) is 60.7 Å². The standard InChI is InChI=1S/C27H26F2INO3/c1-27(2,3)34-26(32)21(16-19-15-20(30)23(29)25(33-4)22(19)28)31-24(17-11-7-5-8-12-17)18-13-9-6-10-14-18/h5-15,21H,16H2,1-4H3. The average molecular weight is 577 g/mol. The molecule has 3 rings (SSSR count). The second-order valence-corrected chi connectivity index (χ2v) is 9.80. The molecule has 1 unspecified atom stereocenters. The molecule has 34 heavy (non-hydrogen) atoms. The molecule has 0 N–H and O–H groups in total. The number of methoxy groups -OCH3 is 1. The van der Waals surface area contributed by atoms with Crippen LogP contribution in [-0.2, 0) is 16.0 Å². The first kappa shape index (κ1) is 25.8. The van der Waals surface area contributed by atoms with Crippen LogP contribution in [0.2, 0.25) is 0 Å². The first-order valence-electron chi connectivity index (χ1n) is 10.7. The molecule has 0 aromatic heterocycles. The van der Waals surface area contributed by atoms with E-state index >= 15 is 4.39 Å². The number of benzene rings is 3. The Bertz CT molecular complexity index is 1130. The minimum atomic E-state index is -1.07. The Morgan fingerprint density at radius 1 is 0.971 bits per heavy atom. The SMILES string of the molecule is COc1c(F)c(I)cc(CC(N=C(c2ccccc2)c2ccccc2)C(=O)OC(C)(C)C)c1F. The van der Waals surface area contributed by atoms with Gasteiger partial charge in [-0.3, -0.25) is 4.99 Å². The number of hydrogen-bond acceptors (Lipinski definition) is 4. The molecule has 0 bridgehead atoms. The summed E-state index contributed by atoms with van der Waals surface area (Å²) >= 11 is 1.77. The van der Waals surface area contributed by atoms with Crippen LogP contribution >= 0.6 is 22.6 Å². The van der Waals surface area contributed by atoms with E-state index in [-0.39, 0.29) is 15.6 Å². The third-order valence-electron chi connectivity index (χ3n) is 4.87. The monoisotopic (exact) mass is 577 g/mol. The zero-order valence-electron chi connectivity index (χ0n) is 19.4. The van der Waals surface area contributed by atoms with Gasteiger partial charge in [-0.2, -0.15) is 0 Å². The first-order chi connectivity index (χ1) is 16.1. The summed E-state index contributed by atoms with van der Waals surface area (Å²) in [5, 5.41) is 0. The third-order valence-corrected chi connectivity index (χ3v) is 5.65. The topological polar surface area (TPSA) is 47.9 Å². The predicted molar refractivity (Wildman–Crippen MR) is 137 cm³/mol. The van der Waals surface area contributed by atoms with Gasteiger partial charge in [0.05, 0.1) is 16.4 Å². The first-order valence-corrected chi connectivity index (χ1v) is 11.8. The van der Waals surface area contributed by atoms with Gasteiger partial charge >= 0.3 is 5.97 Å². The summed E-state index contributed by atoms with van der Waals surface area (Å²) in [5.41, 5.74) is 1.52. The molecule has 7 heteroatoms. The second-order valence-electron chi connectivity index (χ2n) is 8.64. The maximum Gasteiger partial charge on any atom is 0.331 e. The third kappa shape index (κ3) is 6.40. The number of halogens is 3. The van der Waals surface area contributed by atoms with Crippen molar-refractivity contribution in [2.45, 2.75) is 38.8 Å². The maximum atomic E-state index is 15.1. The molecule has 1 atom stereocenters. The minimum Gasteiger partial charge on any atom is -0.491 e. The fourth-order valence-electron chi connectivity index (χ4n) is 3.38. The van der Waals surface area contributed by atoms with Crippen LogP contribution in [0, 0.1) is 15.2 Å². The van der Waals surface area contributed by atoms with Crippen molar-refractivity contribution >= 4 is 34.3 Å². The number of nitrogens with zero attached hydrogens (tertiary/aromatic N) is 1. The normalized spacial score (nSPS) is 12.1. The summed E-state index contributed by atoms with van der Waals surface area (Å²) in [4.78, 5) is 18.0. The highest BCUT2D eigenvalue weighted by molar-refractivity contribution is 14.1. The van der Waals surface area contributed by atoms with Gasteiger partial charge in [-0.1, -0.05) is 60.7 Å². The van der Waals surface area contributed by atoms with Crippen molar-refractivity contribution in [1.29, 1.82) is 0 Å². The van der Waals surface area contributed by atoms with Crippen LogP contribution < -0.4 is 4.74 Å². The Kier molecular flexibility index (Phi) is 8.41. The van der Waals surface area contributed by atoms with E-state index in [4.69, 9.17) is 14.5 Å². The summed E-state index contributed by atoms with van der Waals surface area (Å²) in [6, 6.07) is 19.1. The minimum absolute atomic E-state index is 0.114. The number of carbonyl (C=O) groups excluding carboxylic acids is 1. The highest BCUT2D eigenvalue weighted by Gasteiger charge is 2.29. The molecule has 0 amide bonds. The smallest absolute Gasteiger partial charge is 0.331 e. The Morgan fingerprint density at radius 3 is 1.97 bits per heavy atom. The van der Waals surface area contributed by atoms with Gasteiger partial charge in [0.1, 0.15) is 5.60 Å². The molecule has 0 aliphatic heterocycles. The Hall–Kier alpha value is -2.81. The number of hydrogen-bond donors (Lipinski definition) is 0. The quantitative estimate of drug-likeness (QED) is 0.142. The van der Waals surface area contributed by atoms with Crippen LogP contribution in [0.4, 0.5) is 8.78 Å². The van der Waals surface area contributed by atoms with Crippen molar-refractivity contribution < 1.29 is 23.0 Å². The van der Waals surface area contributed by atoms with Gasteiger partial charge in [0.2, 0.25) is 0 Å². The molecule has 0 radical (unpaired) electrons. The fraction of sp³-hybridized carbons (Fsp3) is 0.259. The van der Waals surface area contributed by atoms with Crippen LogP contribution in [0.1, 0.15) is 37.5 Å². The molecular formula is C27H26F2INO3. The Morgan fingerprint density at radius 2 is 1.50 bits per heavy atom. The van der Waals surface area contributed by atoms with Gasteiger partial charge in [-0.15, -0.1) is 0 Å². The number of esters is 1. The number of carbonyl (C=O) groups is 1. The van der Waals surface area contributed by atoms with Crippen LogP contribution in [0.3, 0.4) is 0 Å². The summed E-state index contributed by atoms with van der Waals surface area (Å²) < 4.78 is 40.1. The van der Waals surface area contributed by atoms with Crippen LogP contribution in [0.5, 0.6) is 5.75 Å². The summed E-state index contributed by atoms with van der Waals surface area (Å²) in [5.74, 6) is -2.73. The number of ether oxygens (including phenoxy) is 2. The van der Waals surface area contributed by atoms with E-state index in [1.54, 1.807) is 43.4 Å². The van der Waals surface area contributed by atoms with Crippen molar-refractivity contribution in [3.8, 4) is 5.75 Å². The highest BCUT2D eigenvalue weighted by Crippen LogP contribution is 2.30. The van der Waals surface area contributed by atoms with E-state index in [1.165, 1.54) is 13.2 Å². The lowest BCUT2D eigenvalue weighted by atomic mass is 10.00. The van der Waals surface area contributed by atoms with Crippen molar-refractivity contribution in [1.82, 2.24) is 0 Å². The summed E-state index contributed by atoms with van der Waals surface area (Å²) in [6.07, 6.45) is -0.128. The molecule has 4 nitrogen and oxygen atoms in total. The van der Waals surface area contributed by atoms with E-state index < -0.39 is 35.0 Å². The van der Waals surface area contributed by atoms with Crippen molar-refractivity contribution in [2.24, 2.45) is 4.99 Å². The summed E-state index contributed by atoms with van der Waals surface area (Å²) in [6.45, 7) is 5.27. The van der Waals surface area contributed by atoms with E-state index in [0.29, 0.717) is 5.71 Å². The molecule has 0 saturated heterocycles. The average Bonchev–Trinajstić information content (AvgIpc) is 2.80. The van der Waals surface area contributed by atoms with Gasteiger partial charge in [0, 0.05) is 17.5 Å². The molecule has 3 aromatic rings. The molecule has 0 fully saturated rings. The fourth-order valence-corrected chi connectivity index (χ4v) is 4.00. The lowest BCUT2D eigenvalue weighted by molar-refractivity contribution is -0.156. The lowest BCUT2D eigenvalue weighted by Crippen LogP contribution is -2.33. The van der Waals surface area contributed by atoms with E-state index in [9.17, 15) is 9.18 Å². The maximum absolute atomic E-state index is 15.1. The van der Waals surface area contributed by atoms with Crippen LogP contribution in [-0.4, -0.2) is 30.4 Å². The molecule has 0 heterocycles. The van der Waals surface area contributed by atoms with Gasteiger partial charge in [-0.05, 0) is 55.0 Å². The Balaban J connectivity index is 2.15. The van der Waals surface area contributed by atoms with E-state index in [0.717, 1.165) is 11.1 Å².